The lowest BCUT2D eigenvalue weighted by molar-refractivity contribution is -0.603. The topological polar surface area (TPSA) is 57.2 Å². The Morgan fingerprint density at radius 2 is 1.88 bits per heavy atom. The van der Waals surface area contributed by atoms with E-state index in [1.54, 1.807) is 0 Å². The summed E-state index contributed by atoms with van der Waals surface area (Å²) in [5.41, 5.74) is 2.34. The van der Waals surface area contributed by atoms with Crippen molar-refractivity contribution < 1.29 is 27.2 Å². The minimum absolute atomic E-state index is 0. The second kappa shape index (κ2) is 5.01. The predicted molar refractivity (Wildman–Crippen MR) is 58.6 cm³/mol. The first-order valence-electron chi connectivity index (χ1n) is 4.97. The number of nitrogens with zero attached hydrogens (tertiary/aromatic N) is 2. The van der Waals surface area contributed by atoms with Crippen molar-refractivity contribution in [2.45, 2.75) is 13.8 Å². The van der Waals surface area contributed by atoms with Gasteiger partial charge < -0.3 is 22.6 Å². The number of halogens is 1. The molecule has 5 heteroatoms. The minimum atomic E-state index is -0.173. The molecule has 0 aliphatic heterocycles. The number of aromatic hydroxyl groups is 2. The van der Waals surface area contributed by atoms with E-state index in [9.17, 15) is 10.2 Å². The Balaban J connectivity index is 0.00000144. The van der Waals surface area contributed by atoms with Crippen molar-refractivity contribution in [3.63, 3.8) is 0 Å². The Morgan fingerprint density at radius 1 is 1.18 bits per heavy atom. The Labute approximate surface area is 106 Å². The summed E-state index contributed by atoms with van der Waals surface area (Å²) in [6, 6.07) is 7.25. The van der Waals surface area contributed by atoms with Gasteiger partial charge in [-0.3, -0.25) is 0 Å². The standard InChI is InChI=1S/C12H12N2O2.ClH/c1-8-7-10(15)13-12(16)11(8)14-6-4-3-5-9(14)2;/h3-7H,1-2H3,(H-,13,15,16);1H. The molecular weight excluding hydrogens is 240 g/mol. The summed E-state index contributed by atoms with van der Waals surface area (Å²) in [4.78, 5) is 3.64. The van der Waals surface area contributed by atoms with Crippen molar-refractivity contribution in [1.82, 2.24) is 4.98 Å². The lowest BCUT2D eigenvalue weighted by atomic mass is 10.2. The summed E-state index contributed by atoms with van der Waals surface area (Å²) in [6.07, 6.45) is 1.84. The molecule has 0 unspecified atom stereocenters. The highest BCUT2D eigenvalue weighted by Gasteiger charge is 2.20. The van der Waals surface area contributed by atoms with Crippen LogP contribution in [0.3, 0.4) is 0 Å². The van der Waals surface area contributed by atoms with Crippen LogP contribution in [0.4, 0.5) is 0 Å². The van der Waals surface area contributed by atoms with Gasteiger partial charge in [0.1, 0.15) is 0 Å². The van der Waals surface area contributed by atoms with Gasteiger partial charge in [-0.05, 0) is 6.92 Å². The molecule has 90 valence electrons. The highest BCUT2D eigenvalue weighted by atomic mass is 35.5. The average molecular weight is 253 g/mol. The number of pyridine rings is 2. The Hall–Kier alpha value is -1.81. The van der Waals surface area contributed by atoms with Crippen LogP contribution in [0.2, 0.25) is 0 Å². The molecule has 4 nitrogen and oxygen atoms in total. The Bertz CT molecular complexity index is 521. The van der Waals surface area contributed by atoms with Crippen LogP contribution >= 0.6 is 0 Å². The molecule has 2 heterocycles. The second-order valence-corrected chi connectivity index (χ2v) is 3.68. The SMILES string of the molecule is Cc1cc(O)nc(O)c1-[n+]1ccccc1C.[Cl-]. The maximum atomic E-state index is 9.76. The van der Waals surface area contributed by atoms with Gasteiger partial charge in [-0.15, -0.1) is 0 Å². The van der Waals surface area contributed by atoms with Gasteiger partial charge in [-0.25, -0.2) is 0 Å². The zero-order valence-corrected chi connectivity index (χ0v) is 10.3. The molecule has 0 bridgehead atoms. The van der Waals surface area contributed by atoms with Crippen LogP contribution in [0.15, 0.2) is 30.5 Å². The van der Waals surface area contributed by atoms with Gasteiger partial charge in [-0.1, -0.05) is 6.07 Å². The van der Waals surface area contributed by atoms with Crippen molar-refractivity contribution in [3.05, 3.63) is 41.7 Å². The molecule has 0 saturated heterocycles. The Morgan fingerprint density at radius 3 is 2.47 bits per heavy atom. The molecule has 2 aromatic rings. The van der Waals surface area contributed by atoms with E-state index in [1.807, 2.05) is 42.8 Å². The number of rotatable bonds is 1. The van der Waals surface area contributed by atoms with Gasteiger partial charge >= 0.3 is 0 Å². The molecule has 0 aliphatic rings. The third-order valence-corrected chi connectivity index (χ3v) is 2.46. The molecule has 0 atom stereocenters. The van der Waals surface area contributed by atoms with Crippen molar-refractivity contribution in [1.29, 1.82) is 0 Å². The third kappa shape index (κ3) is 2.47. The van der Waals surface area contributed by atoms with E-state index in [0.717, 1.165) is 11.3 Å². The predicted octanol–water partition coefficient (Wildman–Crippen LogP) is -1.61. The van der Waals surface area contributed by atoms with Crippen LogP contribution in [-0.2, 0) is 0 Å². The van der Waals surface area contributed by atoms with Crippen LogP contribution < -0.4 is 17.0 Å². The van der Waals surface area contributed by atoms with Crippen molar-refractivity contribution in [3.8, 4) is 17.4 Å². The lowest BCUT2D eigenvalue weighted by Gasteiger charge is -2.04. The normalized spacial score (nSPS) is 9.76. The van der Waals surface area contributed by atoms with Crippen molar-refractivity contribution in [2.24, 2.45) is 0 Å². The van der Waals surface area contributed by atoms with E-state index in [1.165, 1.54) is 6.07 Å². The van der Waals surface area contributed by atoms with Gasteiger partial charge in [0.2, 0.25) is 5.88 Å². The van der Waals surface area contributed by atoms with Crippen LogP contribution in [0, 0.1) is 13.8 Å². The summed E-state index contributed by atoms with van der Waals surface area (Å²) in [7, 11) is 0. The maximum Gasteiger partial charge on any atom is 0.289 e. The van der Waals surface area contributed by atoms with E-state index < -0.39 is 0 Å². The number of hydrogen-bond donors (Lipinski definition) is 2. The quantitative estimate of drug-likeness (QED) is 0.601. The van der Waals surface area contributed by atoms with Gasteiger partial charge in [0.15, 0.2) is 11.9 Å². The van der Waals surface area contributed by atoms with E-state index in [4.69, 9.17) is 0 Å². The third-order valence-electron chi connectivity index (χ3n) is 2.46. The fraction of sp³-hybridized carbons (Fsp3) is 0.167. The summed E-state index contributed by atoms with van der Waals surface area (Å²) < 4.78 is 1.83. The molecule has 0 saturated carbocycles. The zero-order chi connectivity index (χ0) is 11.7. The number of aromatic nitrogens is 2. The molecule has 0 radical (unpaired) electrons. The molecule has 17 heavy (non-hydrogen) atoms. The van der Waals surface area contributed by atoms with Gasteiger partial charge in [0.05, 0.1) is 0 Å². The highest BCUT2D eigenvalue weighted by Crippen LogP contribution is 2.22. The first-order chi connectivity index (χ1) is 7.59. The Kier molecular flexibility index (Phi) is 3.91. The molecular formula is C12H13ClN2O2. The fourth-order valence-corrected chi connectivity index (χ4v) is 1.71. The largest absolute Gasteiger partial charge is 1.00 e. The molecule has 0 aliphatic carbocycles. The minimum Gasteiger partial charge on any atom is -1.00 e. The first kappa shape index (κ1) is 13.3. The summed E-state index contributed by atoms with van der Waals surface area (Å²) in [5.74, 6) is -0.343. The van der Waals surface area contributed by atoms with Gasteiger partial charge in [-0.2, -0.15) is 9.55 Å². The maximum absolute atomic E-state index is 9.76. The molecule has 2 aromatic heterocycles. The number of aryl methyl sites for hydroxylation is 2. The first-order valence-corrected chi connectivity index (χ1v) is 4.97. The fourth-order valence-electron chi connectivity index (χ4n) is 1.71. The van der Waals surface area contributed by atoms with Gasteiger partial charge in [0.25, 0.3) is 11.6 Å². The zero-order valence-electron chi connectivity index (χ0n) is 9.55. The summed E-state index contributed by atoms with van der Waals surface area (Å²) in [5, 5.41) is 19.0. The van der Waals surface area contributed by atoms with Gasteiger partial charge in [0, 0.05) is 30.7 Å². The van der Waals surface area contributed by atoms with Crippen molar-refractivity contribution in [2.75, 3.05) is 0 Å². The van der Waals surface area contributed by atoms with Crippen LogP contribution in [0.25, 0.3) is 5.69 Å². The molecule has 2 N–H and O–H groups in total. The molecule has 0 spiro atoms. The number of hydrogen-bond acceptors (Lipinski definition) is 3. The lowest BCUT2D eigenvalue weighted by Crippen LogP contribution is -3.00. The van der Waals surface area contributed by atoms with Crippen molar-refractivity contribution >= 4 is 0 Å². The summed E-state index contributed by atoms with van der Waals surface area (Å²) in [6.45, 7) is 3.75. The molecule has 0 fully saturated rings. The summed E-state index contributed by atoms with van der Waals surface area (Å²) >= 11 is 0. The second-order valence-electron chi connectivity index (χ2n) is 3.68. The van der Waals surface area contributed by atoms with E-state index >= 15 is 0 Å². The van der Waals surface area contributed by atoms with Crippen LogP contribution in [-0.4, -0.2) is 15.2 Å². The monoisotopic (exact) mass is 252 g/mol. The smallest absolute Gasteiger partial charge is 0.289 e. The highest BCUT2D eigenvalue weighted by molar-refractivity contribution is 5.43. The molecule has 2 rings (SSSR count). The average Bonchev–Trinajstić information content (AvgIpc) is 2.19. The van der Waals surface area contributed by atoms with E-state index in [2.05, 4.69) is 4.98 Å². The van der Waals surface area contributed by atoms with Crippen LogP contribution in [0.5, 0.6) is 11.8 Å². The molecule has 0 aromatic carbocycles. The molecule has 0 amide bonds. The van der Waals surface area contributed by atoms with E-state index in [0.29, 0.717) is 5.69 Å². The van der Waals surface area contributed by atoms with E-state index in [-0.39, 0.29) is 24.2 Å². The van der Waals surface area contributed by atoms with Crippen LogP contribution in [0.1, 0.15) is 11.3 Å².